The smallest absolute Gasteiger partial charge is 0.263 e. The number of rotatable bonds is 5. The average Bonchev–Trinajstić information content (AvgIpc) is 3.01. The Balaban J connectivity index is 1.90. The molecule has 0 saturated carbocycles. The molecule has 1 aromatic heterocycles. The molecule has 0 aliphatic carbocycles. The van der Waals surface area contributed by atoms with E-state index in [-0.39, 0.29) is 5.82 Å². The minimum Gasteiger partial charge on any atom is -0.496 e. The van der Waals surface area contributed by atoms with Crippen molar-refractivity contribution in [1.82, 2.24) is 10.2 Å². The average molecular weight is 365 g/mol. The maximum atomic E-state index is 13.2. The Morgan fingerprint density at radius 2 is 1.76 bits per heavy atom. The predicted octanol–water partition coefficient (Wildman–Crippen LogP) is 3.16. The molecule has 0 spiro atoms. The third-order valence-electron chi connectivity index (χ3n) is 3.36. The van der Waals surface area contributed by atoms with Crippen LogP contribution in [0.25, 0.3) is 11.3 Å². The minimum atomic E-state index is -4.19. The molecule has 0 saturated heterocycles. The maximum absolute atomic E-state index is 13.2. The summed E-state index contributed by atoms with van der Waals surface area (Å²) in [6.07, 6.45) is 0. The molecule has 0 fully saturated rings. The Morgan fingerprint density at radius 1 is 1.08 bits per heavy atom. The highest BCUT2D eigenvalue weighted by Crippen LogP contribution is 2.29. The zero-order chi connectivity index (χ0) is 18.0. The number of anilines is 1. The molecular formula is C16H13F2N3O3S. The molecule has 0 bridgehead atoms. The number of sulfonamides is 1. The van der Waals surface area contributed by atoms with Crippen LogP contribution >= 0.6 is 0 Å². The van der Waals surface area contributed by atoms with E-state index in [2.05, 4.69) is 14.9 Å². The quantitative estimate of drug-likeness (QED) is 0.727. The first-order chi connectivity index (χ1) is 11.9. The first-order valence-corrected chi connectivity index (χ1v) is 8.55. The molecule has 0 aliphatic rings. The molecule has 130 valence electrons. The molecular weight excluding hydrogens is 352 g/mol. The van der Waals surface area contributed by atoms with Crippen molar-refractivity contribution in [1.29, 1.82) is 0 Å². The van der Waals surface area contributed by atoms with E-state index in [4.69, 9.17) is 4.74 Å². The van der Waals surface area contributed by atoms with E-state index in [1.54, 1.807) is 24.3 Å². The number of methoxy groups -OCH3 is 1. The largest absolute Gasteiger partial charge is 0.496 e. The predicted molar refractivity (Wildman–Crippen MR) is 87.7 cm³/mol. The van der Waals surface area contributed by atoms with E-state index >= 15 is 0 Å². The highest BCUT2D eigenvalue weighted by atomic mass is 32.2. The number of benzene rings is 2. The molecule has 3 aromatic rings. The topological polar surface area (TPSA) is 84.1 Å². The molecule has 0 amide bonds. The molecule has 9 heteroatoms. The summed E-state index contributed by atoms with van der Waals surface area (Å²) < 4.78 is 58.4. The van der Waals surface area contributed by atoms with Gasteiger partial charge in [-0.2, -0.15) is 5.10 Å². The molecule has 1 heterocycles. The van der Waals surface area contributed by atoms with E-state index in [1.165, 1.54) is 13.2 Å². The normalized spacial score (nSPS) is 11.3. The van der Waals surface area contributed by atoms with Crippen molar-refractivity contribution in [3.05, 3.63) is 60.2 Å². The van der Waals surface area contributed by atoms with Gasteiger partial charge in [0.25, 0.3) is 10.0 Å². The Bertz CT molecular complexity index is 999. The van der Waals surface area contributed by atoms with Crippen molar-refractivity contribution in [2.24, 2.45) is 0 Å². The molecule has 0 radical (unpaired) electrons. The van der Waals surface area contributed by atoms with Crippen molar-refractivity contribution < 1.29 is 21.9 Å². The maximum Gasteiger partial charge on any atom is 0.263 e. The fourth-order valence-electron chi connectivity index (χ4n) is 2.26. The summed E-state index contributed by atoms with van der Waals surface area (Å²) in [6.45, 7) is 0. The van der Waals surface area contributed by atoms with Crippen LogP contribution in [0.3, 0.4) is 0 Å². The number of H-pyrrole nitrogens is 1. The van der Waals surface area contributed by atoms with Crippen LogP contribution in [0.15, 0.2) is 53.4 Å². The van der Waals surface area contributed by atoms with Gasteiger partial charge in [-0.3, -0.25) is 9.82 Å². The van der Waals surface area contributed by atoms with Gasteiger partial charge in [0.15, 0.2) is 5.82 Å². The lowest BCUT2D eigenvalue weighted by Gasteiger charge is -2.06. The van der Waals surface area contributed by atoms with Gasteiger partial charge in [-0.15, -0.1) is 0 Å². The van der Waals surface area contributed by atoms with E-state index < -0.39 is 26.6 Å². The van der Waals surface area contributed by atoms with Gasteiger partial charge < -0.3 is 4.74 Å². The van der Waals surface area contributed by atoms with Gasteiger partial charge in [-0.1, -0.05) is 12.1 Å². The highest BCUT2D eigenvalue weighted by Gasteiger charge is 2.19. The zero-order valence-corrected chi connectivity index (χ0v) is 13.8. The Labute approximate surface area is 142 Å². The van der Waals surface area contributed by atoms with Gasteiger partial charge in [0.1, 0.15) is 17.4 Å². The summed E-state index contributed by atoms with van der Waals surface area (Å²) >= 11 is 0. The van der Waals surface area contributed by atoms with Crippen LogP contribution < -0.4 is 9.46 Å². The number of hydrogen-bond acceptors (Lipinski definition) is 4. The number of nitrogens with one attached hydrogen (secondary N) is 2. The fourth-order valence-corrected chi connectivity index (χ4v) is 3.29. The monoisotopic (exact) mass is 365 g/mol. The molecule has 0 unspecified atom stereocenters. The van der Waals surface area contributed by atoms with Crippen molar-refractivity contribution in [3.63, 3.8) is 0 Å². The molecule has 3 rings (SSSR count). The second-order valence-corrected chi connectivity index (χ2v) is 6.76. The van der Waals surface area contributed by atoms with Gasteiger partial charge in [-0.25, -0.2) is 17.2 Å². The number of hydrogen-bond donors (Lipinski definition) is 2. The Morgan fingerprint density at radius 3 is 2.44 bits per heavy atom. The lowest BCUT2D eigenvalue weighted by atomic mass is 10.1. The van der Waals surface area contributed by atoms with Gasteiger partial charge in [0.2, 0.25) is 0 Å². The van der Waals surface area contributed by atoms with Crippen LogP contribution in [0.1, 0.15) is 0 Å². The molecule has 0 atom stereocenters. The highest BCUT2D eigenvalue weighted by molar-refractivity contribution is 7.92. The molecule has 0 aliphatic heterocycles. The number of halogens is 2. The van der Waals surface area contributed by atoms with Gasteiger partial charge in [0.05, 0.1) is 17.7 Å². The van der Waals surface area contributed by atoms with Gasteiger partial charge >= 0.3 is 0 Å². The Hall–Kier alpha value is -2.94. The van der Waals surface area contributed by atoms with E-state index in [0.29, 0.717) is 23.1 Å². The van der Waals surface area contributed by atoms with E-state index in [1.807, 2.05) is 0 Å². The van der Waals surface area contributed by atoms with Crippen molar-refractivity contribution in [2.45, 2.75) is 4.90 Å². The summed E-state index contributed by atoms with van der Waals surface area (Å²) in [7, 11) is -2.68. The lowest BCUT2D eigenvalue weighted by Crippen LogP contribution is -2.13. The van der Waals surface area contributed by atoms with Crippen LogP contribution in [0.4, 0.5) is 14.6 Å². The third kappa shape index (κ3) is 3.61. The zero-order valence-electron chi connectivity index (χ0n) is 13.0. The summed E-state index contributed by atoms with van der Waals surface area (Å²) in [5.74, 6) is -1.42. The third-order valence-corrected chi connectivity index (χ3v) is 4.69. The van der Waals surface area contributed by atoms with Gasteiger partial charge in [-0.05, 0) is 24.3 Å². The summed E-state index contributed by atoms with van der Waals surface area (Å²) in [6, 6.07) is 10.6. The van der Waals surface area contributed by atoms with E-state index in [0.717, 1.165) is 12.1 Å². The van der Waals surface area contributed by atoms with Crippen LogP contribution in [-0.2, 0) is 10.0 Å². The number of ether oxygens (including phenoxy) is 1. The van der Waals surface area contributed by atoms with Gasteiger partial charge in [0, 0.05) is 17.7 Å². The summed E-state index contributed by atoms with van der Waals surface area (Å²) in [5, 5.41) is 6.55. The SMILES string of the molecule is COc1ccccc1-c1cc(NS(=O)(=O)c2cc(F)cc(F)c2)n[nH]1. The second kappa shape index (κ2) is 6.52. The number of para-hydroxylation sites is 1. The number of nitrogens with zero attached hydrogens (tertiary/aromatic N) is 1. The second-order valence-electron chi connectivity index (χ2n) is 5.08. The van der Waals surface area contributed by atoms with Crippen LogP contribution in [0.5, 0.6) is 5.75 Å². The lowest BCUT2D eigenvalue weighted by molar-refractivity contribution is 0.416. The molecule has 2 aromatic carbocycles. The van der Waals surface area contributed by atoms with E-state index in [9.17, 15) is 17.2 Å². The number of aromatic amines is 1. The van der Waals surface area contributed by atoms with Crippen LogP contribution in [0, 0.1) is 11.6 Å². The molecule has 25 heavy (non-hydrogen) atoms. The van der Waals surface area contributed by atoms with Crippen LogP contribution in [0.2, 0.25) is 0 Å². The number of aromatic nitrogens is 2. The first kappa shape index (κ1) is 16.9. The summed E-state index contributed by atoms with van der Waals surface area (Å²) in [4.78, 5) is -0.535. The van der Waals surface area contributed by atoms with Crippen molar-refractivity contribution in [3.8, 4) is 17.0 Å². The first-order valence-electron chi connectivity index (χ1n) is 7.07. The van der Waals surface area contributed by atoms with Crippen molar-refractivity contribution >= 4 is 15.8 Å². The molecule has 6 nitrogen and oxygen atoms in total. The van der Waals surface area contributed by atoms with Crippen LogP contribution in [-0.4, -0.2) is 25.7 Å². The standard InChI is InChI=1S/C16H13F2N3O3S/c1-24-15-5-3-2-4-13(15)14-9-16(20-19-14)21-25(22,23)12-7-10(17)6-11(18)8-12/h2-9H,1H3,(H2,19,20,21). The Kier molecular flexibility index (Phi) is 4.41. The molecule has 2 N–H and O–H groups in total. The fraction of sp³-hybridized carbons (Fsp3) is 0.0625. The minimum absolute atomic E-state index is 0.0226. The van der Waals surface area contributed by atoms with Crippen molar-refractivity contribution in [2.75, 3.05) is 11.8 Å². The summed E-state index contributed by atoms with van der Waals surface area (Å²) in [5.41, 5.74) is 1.19.